The van der Waals surface area contributed by atoms with Gasteiger partial charge in [0.25, 0.3) is 11.5 Å². The first-order valence-corrected chi connectivity index (χ1v) is 13.6. The van der Waals surface area contributed by atoms with E-state index in [1.807, 2.05) is 45.0 Å². The van der Waals surface area contributed by atoms with E-state index in [0.717, 1.165) is 24.5 Å². The Hall–Kier alpha value is -3.14. The summed E-state index contributed by atoms with van der Waals surface area (Å²) in [6.07, 6.45) is 1.75. The highest BCUT2D eigenvalue weighted by Crippen LogP contribution is 2.32. The van der Waals surface area contributed by atoms with Crippen LogP contribution >= 0.6 is 22.9 Å². The van der Waals surface area contributed by atoms with Crippen molar-refractivity contribution < 1.29 is 13.9 Å². The number of allylic oxidation sites excluding steroid dienone is 1. The number of benzene rings is 1. The third-order valence-electron chi connectivity index (χ3n) is 6.70. The van der Waals surface area contributed by atoms with Gasteiger partial charge in [-0.3, -0.25) is 14.2 Å². The summed E-state index contributed by atoms with van der Waals surface area (Å²) in [5.74, 6) is 1.22. The van der Waals surface area contributed by atoms with Gasteiger partial charge in [0.1, 0.15) is 5.76 Å². The molecule has 3 aromatic rings. The van der Waals surface area contributed by atoms with E-state index in [1.54, 1.807) is 27.7 Å². The molecule has 1 saturated heterocycles. The number of hydrogen-bond acceptors (Lipinski definition) is 7. The van der Waals surface area contributed by atoms with Crippen molar-refractivity contribution in [1.82, 2.24) is 9.47 Å². The van der Waals surface area contributed by atoms with Crippen LogP contribution in [0.25, 0.3) is 6.08 Å². The SMILES string of the molecule is CCN(CC)C(=O)C1=C(C)N=c2s/c(=C/c3ccc(N4CCOCC4)o3)c(=O)n2[C@@H]1c1ccc(Cl)cc1. The van der Waals surface area contributed by atoms with Crippen molar-refractivity contribution in [3.63, 3.8) is 0 Å². The van der Waals surface area contributed by atoms with Gasteiger partial charge in [-0.2, -0.15) is 0 Å². The van der Waals surface area contributed by atoms with E-state index in [2.05, 4.69) is 4.90 Å². The Morgan fingerprint density at radius 2 is 1.86 bits per heavy atom. The Kier molecular flexibility index (Phi) is 7.37. The number of anilines is 1. The van der Waals surface area contributed by atoms with Crippen LogP contribution < -0.4 is 19.8 Å². The lowest BCUT2D eigenvalue weighted by Gasteiger charge is -2.29. The molecule has 10 heteroatoms. The van der Waals surface area contributed by atoms with Crippen LogP contribution in [0.1, 0.15) is 38.1 Å². The Bertz CT molecular complexity index is 1510. The molecule has 1 aromatic carbocycles. The van der Waals surface area contributed by atoms with Crippen LogP contribution in [-0.4, -0.2) is 54.8 Å². The quantitative estimate of drug-likeness (QED) is 0.480. The van der Waals surface area contributed by atoms with Gasteiger partial charge < -0.3 is 19.0 Å². The summed E-state index contributed by atoms with van der Waals surface area (Å²) in [4.78, 5) is 36.6. The molecule has 2 aromatic heterocycles. The standard InChI is InChI=1S/C27H29ClN4O4S/c1-4-30(5-2)26(34)23-17(3)29-27-32(24(23)18-6-8-19(28)9-7-18)25(33)21(37-27)16-20-10-11-22(36-20)31-12-14-35-15-13-31/h6-11,16,24H,4-5,12-15H2,1-3H3/b21-16+/t24-/m1/s1. The lowest BCUT2D eigenvalue weighted by atomic mass is 9.94. The highest BCUT2D eigenvalue weighted by Gasteiger charge is 2.34. The molecule has 0 saturated carbocycles. The van der Waals surface area contributed by atoms with Gasteiger partial charge in [-0.25, -0.2) is 4.99 Å². The predicted octanol–water partition coefficient (Wildman–Crippen LogP) is 3.19. The number of carbonyl (C=O) groups excluding carboxylic acids is 1. The molecule has 0 unspecified atom stereocenters. The zero-order valence-corrected chi connectivity index (χ0v) is 22.6. The second-order valence-corrected chi connectivity index (χ2v) is 10.3. The average Bonchev–Trinajstić information content (AvgIpc) is 3.49. The third kappa shape index (κ3) is 4.91. The number of rotatable bonds is 6. The Balaban J connectivity index is 1.62. The van der Waals surface area contributed by atoms with Crippen LogP contribution in [0.3, 0.4) is 0 Å². The summed E-state index contributed by atoms with van der Waals surface area (Å²) in [6, 6.07) is 10.4. The molecular formula is C27H29ClN4O4S. The largest absolute Gasteiger partial charge is 0.441 e. The molecule has 1 amide bonds. The molecule has 0 bridgehead atoms. The van der Waals surface area contributed by atoms with E-state index in [9.17, 15) is 9.59 Å². The van der Waals surface area contributed by atoms with E-state index >= 15 is 0 Å². The number of hydrogen-bond donors (Lipinski definition) is 0. The summed E-state index contributed by atoms with van der Waals surface area (Å²) in [6.45, 7) is 9.69. The zero-order valence-electron chi connectivity index (χ0n) is 21.1. The molecule has 2 aliphatic rings. The molecule has 4 heterocycles. The van der Waals surface area contributed by atoms with Gasteiger partial charge in [-0.1, -0.05) is 35.1 Å². The van der Waals surface area contributed by atoms with Crippen molar-refractivity contribution in [2.24, 2.45) is 4.99 Å². The molecule has 8 nitrogen and oxygen atoms in total. The fourth-order valence-electron chi connectivity index (χ4n) is 4.74. The van der Waals surface area contributed by atoms with E-state index in [-0.39, 0.29) is 11.5 Å². The summed E-state index contributed by atoms with van der Waals surface area (Å²) in [5.41, 5.74) is 1.69. The lowest BCUT2D eigenvalue weighted by Crippen LogP contribution is -2.43. The van der Waals surface area contributed by atoms with E-state index in [0.29, 0.717) is 57.7 Å². The first kappa shape index (κ1) is 25.5. The molecule has 1 atom stereocenters. The summed E-state index contributed by atoms with van der Waals surface area (Å²) in [5, 5.41) is 0.586. The number of furan rings is 1. The van der Waals surface area contributed by atoms with Gasteiger partial charge in [0.15, 0.2) is 10.7 Å². The van der Waals surface area contributed by atoms with Crippen LogP contribution in [-0.2, 0) is 9.53 Å². The van der Waals surface area contributed by atoms with E-state index in [1.165, 1.54) is 11.3 Å². The van der Waals surface area contributed by atoms with Crippen molar-refractivity contribution in [2.75, 3.05) is 44.3 Å². The van der Waals surface area contributed by atoms with Gasteiger partial charge in [0.05, 0.1) is 35.1 Å². The highest BCUT2D eigenvalue weighted by molar-refractivity contribution is 7.07. The fraction of sp³-hybridized carbons (Fsp3) is 0.370. The predicted molar refractivity (Wildman–Crippen MR) is 145 cm³/mol. The van der Waals surface area contributed by atoms with Gasteiger partial charge in [-0.15, -0.1) is 0 Å². The maximum atomic E-state index is 13.8. The number of likely N-dealkylation sites (N-methyl/N-ethyl adjacent to an activating group) is 1. The molecular weight excluding hydrogens is 512 g/mol. The maximum Gasteiger partial charge on any atom is 0.271 e. The fourth-order valence-corrected chi connectivity index (χ4v) is 5.89. The lowest BCUT2D eigenvalue weighted by molar-refractivity contribution is -0.127. The van der Waals surface area contributed by atoms with E-state index < -0.39 is 6.04 Å². The van der Waals surface area contributed by atoms with Crippen molar-refractivity contribution in [1.29, 1.82) is 0 Å². The topological polar surface area (TPSA) is 80.3 Å². The van der Waals surface area contributed by atoms with Gasteiger partial charge in [-0.05, 0) is 44.5 Å². The molecule has 0 radical (unpaired) electrons. The highest BCUT2D eigenvalue weighted by atomic mass is 35.5. The Morgan fingerprint density at radius 3 is 2.54 bits per heavy atom. The normalized spacial score (nSPS) is 18.1. The van der Waals surface area contributed by atoms with Crippen LogP contribution in [0.2, 0.25) is 5.02 Å². The first-order valence-electron chi connectivity index (χ1n) is 12.4. The average molecular weight is 541 g/mol. The van der Waals surface area contributed by atoms with Gasteiger partial charge >= 0.3 is 0 Å². The molecule has 5 rings (SSSR count). The number of nitrogens with zero attached hydrogens (tertiary/aromatic N) is 4. The Labute approximate surface area is 223 Å². The molecule has 0 aliphatic carbocycles. The maximum absolute atomic E-state index is 13.8. The third-order valence-corrected chi connectivity index (χ3v) is 7.93. The van der Waals surface area contributed by atoms with Gasteiger partial charge in [0.2, 0.25) is 0 Å². The number of thiazole rings is 1. The van der Waals surface area contributed by atoms with Crippen LogP contribution in [0.5, 0.6) is 0 Å². The molecule has 1 fully saturated rings. The number of fused-ring (bicyclic) bond motifs is 1. The first-order chi connectivity index (χ1) is 17.9. The summed E-state index contributed by atoms with van der Waals surface area (Å²) in [7, 11) is 0. The Morgan fingerprint density at radius 1 is 1.16 bits per heavy atom. The van der Waals surface area contributed by atoms with Crippen molar-refractivity contribution in [2.45, 2.75) is 26.8 Å². The van der Waals surface area contributed by atoms with Crippen molar-refractivity contribution >= 4 is 40.8 Å². The monoisotopic (exact) mass is 540 g/mol. The second-order valence-electron chi connectivity index (χ2n) is 8.89. The minimum absolute atomic E-state index is 0.123. The van der Waals surface area contributed by atoms with Crippen LogP contribution in [0.4, 0.5) is 5.88 Å². The number of halogens is 1. The molecule has 2 aliphatic heterocycles. The number of ether oxygens (including phenoxy) is 1. The zero-order chi connectivity index (χ0) is 26.1. The van der Waals surface area contributed by atoms with Crippen molar-refractivity contribution in [3.05, 3.63) is 83.7 Å². The smallest absolute Gasteiger partial charge is 0.271 e. The molecule has 194 valence electrons. The second kappa shape index (κ2) is 10.7. The van der Waals surface area contributed by atoms with Gasteiger partial charge in [0, 0.05) is 43.3 Å². The number of carbonyl (C=O) groups is 1. The molecule has 0 N–H and O–H groups in total. The minimum Gasteiger partial charge on any atom is -0.441 e. The molecule has 0 spiro atoms. The number of morpholine rings is 1. The summed E-state index contributed by atoms with van der Waals surface area (Å²) < 4.78 is 13.6. The van der Waals surface area contributed by atoms with Crippen LogP contribution in [0.15, 0.2) is 61.9 Å². The van der Waals surface area contributed by atoms with Crippen LogP contribution in [0, 0.1) is 0 Å². The number of aromatic nitrogens is 1. The number of amides is 1. The summed E-state index contributed by atoms with van der Waals surface area (Å²) >= 11 is 7.45. The minimum atomic E-state index is -0.607. The van der Waals surface area contributed by atoms with E-state index in [4.69, 9.17) is 25.7 Å². The molecule has 37 heavy (non-hydrogen) atoms. The van der Waals surface area contributed by atoms with Crippen molar-refractivity contribution in [3.8, 4) is 0 Å².